The van der Waals surface area contributed by atoms with Crippen molar-refractivity contribution in [2.75, 3.05) is 6.54 Å². The monoisotopic (exact) mass is 292 g/mol. The van der Waals surface area contributed by atoms with Gasteiger partial charge in [0.2, 0.25) is 0 Å². The summed E-state index contributed by atoms with van der Waals surface area (Å²) in [5, 5.41) is 0. The van der Waals surface area contributed by atoms with Crippen LogP contribution in [0, 0.1) is 0 Å². The lowest BCUT2D eigenvalue weighted by molar-refractivity contribution is -0.156. The lowest BCUT2D eigenvalue weighted by atomic mass is 10.0. The molecule has 5 nitrogen and oxygen atoms in total. The zero-order valence-electron chi connectivity index (χ0n) is 13.6. The fourth-order valence-electron chi connectivity index (χ4n) is 1.77. The van der Waals surface area contributed by atoms with E-state index < -0.39 is 17.1 Å². The van der Waals surface area contributed by atoms with Crippen molar-refractivity contribution in [2.45, 2.75) is 52.7 Å². The Hall–Kier alpha value is -1.91. The lowest BCUT2D eigenvalue weighted by Gasteiger charge is -2.35. The van der Waals surface area contributed by atoms with Crippen molar-refractivity contribution in [1.29, 1.82) is 0 Å². The van der Waals surface area contributed by atoms with Gasteiger partial charge in [-0.15, -0.1) is 0 Å². The van der Waals surface area contributed by atoms with Crippen molar-refractivity contribution >= 4 is 11.9 Å². The number of carbonyl (C=O) groups is 2. The number of ether oxygens (including phenoxy) is 1. The van der Waals surface area contributed by atoms with Gasteiger partial charge < -0.3 is 9.64 Å². The van der Waals surface area contributed by atoms with E-state index in [4.69, 9.17) is 4.74 Å². The zero-order valence-corrected chi connectivity index (χ0v) is 13.6. The van der Waals surface area contributed by atoms with Crippen LogP contribution in [0.3, 0.4) is 0 Å². The number of hydrogen-bond donors (Lipinski definition) is 0. The van der Waals surface area contributed by atoms with E-state index in [-0.39, 0.29) is 12.5 Å². The van der Waals surface area contributed by atoms with E-state index in [9.17, 15) is 9.59 Å². The molecule has 1 aromatic rings. The highest BCUT2D eigenvalue weighted by Gasteiger charge is 2.31. The van der Waals surface area contributed by atoms with E-state index in [2.05, 4.69) is 4.98 Å². The first-order valence-corrected chi connectivity index (χ1v) is 6.94. The van der Waals surface area contributed by atoms with Crippen molar-refractivity contribution in [2.24, 2.45) is 0 Å². The van der Waals surface area contributed by atoms with Gasteiger partial charge in [0.1, 0.15) is 12.1 Å². The summed E-state index contributed by atoms with van der Waals surface area (Å²) in [6.07, 6.45) is 3.11. The van der Waals surface area contributed by atoms with Crippen molar-refractivity contribution in [3.05, 3.63) is 30.1 Å². The molecule has 1 heterocycles. The molecule has 0 bridgehead atoms. The minimum absolute atomic E-state index is 0.0814. The van der Waals surface area contributed by atoms with E-state index in [1.807, 2.05) is 20.8 Å². The molecular weight excluding hydrogens is 268 g/mol. The van der Waals surface area contributed by atoms with Crippen LogP contribution in [0.25, 0.3) is 0 Å². The summed E-state index contributed by atoms with van der Waals surface area (Å²) in [6.45, 7) is 11.0. The Bertz CT molecular complexity index is 498. The average molecular weight is 292 g/mol. The maximum atomic E-state index is 12.6. The van der Waals surface area contributed by atoms with Gasteiger partial charge in [-0.25, -0.2) is 0 Å². The Morgan fingerprint density at radius 1 is 1.10 bits per heavy atom. The molecule has 0 aliphatic carbocycles. The molecular formula is C16H24N2O3. The third-order valence-electron chi connectivity index (χ3n) is 2.69. The van der Waals surface area contributed by atoms with Gasteiger partial charge in [-0.2, -0.15) is 0 Å². The van der Waals surface area contributed by atoms with Crippen LogP contribution in [-0.2, 0) is 9.53 Å². The highest BCUT2D eigenvalue weighted by molar-refractivity contribution is 5.96. The molecule has 1 amide bonds. The Balaban J connectivity index is 2.93. The summed E-state index contributed by atoms with van der Waals surface area (Å²) in [6, 6.07) is 3.27. The van der Waals surface area contributed by atoms with Crippen LogP contribution in [-0.4, -0.2) is 39.4 Å². The van der Waals surface area contributed by atoms with Gasteiger partial charge >= 0.3 is 5.97 Å². The highest BCUT2D eigenvalue weighted by Crippen LogP contribution is 2.18. The smallest absolute Gasteiger partial charge is 0.326 e. The molecule has 0 aromatic carbocycles. The van der Waals surface area contributed by atoms with Gasteiger partial charge in [-0.3, -0.25) is 14.6 Å². The predicted molar refractivity (Wildman–Crippen MR) is 80.9 cm³/mol. The Morgan fingerprint density at radius 3 is 2.05 bits per heavy atom. The number of amides is 1. The van der Waals surface area contributed by atoms with Crippen LogP contribution >= 0.6 is 0 Å². The van der Waals surface area contributed by atoms with Gasteiger partial charge in [0, 0.05) is 23.5 Å². The molecule has 1 rings (SSSR count). The van der Waals surface area contributed by atoms with E-state index in [0.717, 1.165) is 0 Å². The molecule has 0 radical (unpaired) electrons. The van der Waals surface area contributed by atoms with Gasteiger partial charge in [0.25, 0.3) is 5.91 Å². The molecule has 0 atom stereocenters. The first kappa shape index (κ1) is 17.1. The Morgan fingerprint density at radius 2 is 1.62 bits per heavy atom. The molecule has 0 N–H and O–H groups in total. The van der Waals surface area contributed by atoms with E-state index in [1.54, 1.807) is 45.3 Å². The molecule has 0 unspecified atom stereocenters. The zero-order chi connectivity index (χ0) is 16.3. The van der Waals surface area contributed by atoms with Crippen LogP contribution in [0.15, 0.2) is 24.5 Å². The fourth-order valence-corrected chi connectivity index (χ4v) is 1.77. The largest absolute Gasteiger partial charge is 0.459 e. The third-order valence-corrected chi connectivity index (χ3v) is 2.69. The van der Waals surface area contributed by atoms with Gasteiger partial charge in [0.05, 0.1) is 0 Å². The molecule has 1 aromatic heterocycles. The Kier molecular flexibility index (Phi) is 5.10. The molecule has 21 heavy (non-hydrogen) atoms. The fraction of sp³-hybridized carbons (Fsp3) is 0.562. The van der Waals surface area contributed by atoms with Crippen LogP contribution in [0.5, 0.6) is 0 Å². The molecule has 0 aliphatic rings. The maximum absolute atomic E-state index is 12.6. The van der Waals surface area contributed by atoms with E-state index in [0.29, 0.717) is 5.56 Å². The second-order valence-electron chi connectivity index (χ2n) is 6.88. The predicted octanol–water partition coefficient (Wildman–Crippen LogP) is 2.66. The highest BCUT2D eigenvalue weighted by atomic mass is 16.6. The number of nitrogens with zero attached hydrogens (tertiary/aromatic N) is 2. The second-order valence-corrected chi connectivity index (χ2v) is 6.88. The normalized spacial score (nSPS) is 11.9. The van der Waals surface area contributed by atoms with Crippen LogP contribution in [0.2, 0.25) is 0 Å². The summed E-state index contributed by atoms with van der Waals surface area (Å²) in [7, 11) is 0. The number of pyridine rings is 1. The standard InChI is InChI=1S/C16H24N2O3/c1-15(2,3)18(11-13(19)21-16(4,5)6)14(20)12-7-9-17-10-8-12/h7-10H,11H2,1-6H3. The number of esters is 1. The van der Waals surface area contributed by atoms with Crippen molar-refractivity contribution in [1.82, 2.24) is 9.88 Å². The van der Waals surface area contributed by atoms with Gasteiger partial charge in [0.15, 0.2) is 0 Å². The summed E-state index contributed by atoms with van der Waals surface area (Å²) in [5.74, 6) is -0.629. The topological polar surface area (TPSA) is 59.5 Å². The molecule has 116 valence electrons. The number of carbonyl (C=O) groups excluding carboxylic acids is 2. The van der Waals surface area contributed by atoms with Crippen LogP contribution in [0.4, 0.5) is 0 Å². The number of rotatable bonds is 3. The quantitative estimate of drug-likeness (QED) is 0.804. The van der Waals surface area contributed by atoms with Gasteiger partial charge in [-0.05, 0) is 53.7 Å². The van der Waals surface area contributed by atoms with Crippen LogP contribution < -0.4 is 0 Å². The number of hydrogen-bond acceptors (Lipinski definition) is 4. The maximum Gasteiger partial charge on any atom is 0.326 e. The molecule has 0 aliphatic heterocycles. The second kappa shape index (κ2) is 6.24. The number of aromatic nitrogens is 1. The molecule has 0 fully saturated rings. The lowest BCUT2D eigenvalue weighted by Crippen LogP contribution is -2.49. The van der Waals surface area contributed by atoms with E-state index >= 15 is 0 Å². The van der Waals surface area contributed by atoms with Crippen molar-refractivity contribution in [3.63, 3.8) is 0 Å². The molecule has 0 spiro atoms. The van der Waals surface area contributed by atoms with Crippen molar-refractivity contribution in [3.8, 4) is 0 Å². The average Bonchev–Trinajstić information content (AvgIpc) is 2.33. The first-order valence-electron chi connectivity index (χ1n) is 6.94. The molecule has 5 heteroatoms. The van der Waals surface area contributed by atoms with E-state index in [1.165, 1.54) is 4.90 Å². The first-order chi connectivity index (χ1) is 9.50. The molecule has 0 saturated carbocycles. The minimum atomic E-state index is -0.569. The summed E-state index contributed by atoms with van der Waals surface area (Å²) in [4.78, 5) is 30.0. The van der Waals surface area contributed by atoms with Crippen molar-refractivity contribution < 1.29 is 14.3 Å². The summed E-state index contributed by atoms with van der Waals surface area (Å²) in [5.41, 5.74) is -0.555. The Labute approximate surface area is 126 Å². The SMILES string of the molecule is CC(C)(C)OC(=O)CN(C(=O)c1ccncc1)C(C)(C)C. The van der Waals surface area contributed by atoms with Gasteiger partial charge in [-0.1, -0.05) is 0 Å². The summed E-state index contributed by atoms with van der Waals surface area (Å²) < 4.78 is 5.30. The third kappa shape index (κ3) is 5.53. The van der Waals surface area contributed by atoms with Crippen LogP contribution in [0.1, 0.15) is 51.9 Å². The minimum Gasteiger partial charge on any atom is -0.459 e. The molecule has 0 saturated heterocycles. The summed E-state index contributed by atoms with van der Waals surface area (Å²) >= 11 is 0.